The van der Waals surface area contributed by atoms with Crippen LogP contribution in [0, 0.1) is 0 Å². The maximum absolute atomic E-state index is 12.0. The zero-order valence-electron chi connectivity index (χ0n) is 13.2. The summed E-state index contributed by atoms with van der Waals surface area (Å²) < 4.78 is 5.43. The molecule has 0 spiro atoms. The Morgan fingerprint density at radius 1 is 1.05 bits per heavy atom. The van der Waals surface area contributed by atoms with Crippen LogP contribution < -0.4 is 4.90 Å². The van der Waals surface area contributed by atoms with Crippen molar-refractivity contribution in [2.45, 2.75) is 39.2 Å². The van der Waals surface area contributed by atoms with E-state index in [4.69, 9.17) is 4.74 Å². The van der Waals surface area contributed by atoms with E-state index in [-0.39, 0.29) is 6.09 Å². The average molecular weight is 288 g/mol. The Morgan fingerprint density at radius 2 is 1.71 bits per heavy atom. The number of carbonyl (C=O) groups is 1. The van der Waals surface area contributed by atoms with Crippen LogP contribution in [0.15, 0.2) is 18.2 Å². The van der Waals surface area contributed by atoms with E-state index in [1.165, 1.54) is 29.7 Å². The minimum atomic E-state index is -0.421. The third-order valence-corrected chi connectivity index (χ3v) is 4.15. The number of anilines is 1. The van der Waals surface area contributed by atoms with Gasteiger partial charge in [-0.05, 0) is 56.9 Å². The van der Waals surface area contributed by atoms with Gasteiger partial charge in [-0.3, -0.25) is 0 Å². The predicted molar refractivity (Wildman–Crippen MR) is 83.9 cm³/mol. The fourth-order valence-corrected chi connectivity index (χ4v) is 2.85. The molecule has 0 bridgehead atoms. The number of benzene rings is 1. The molecule has 1 amide bonds. The highest BCUT2D eigenvalue weighted by Crippen LogP contribution is 2.28. The van der Waals surface area contributed by atoms with Crippen molar-refractivity contribution >= 4 is 11.8 Å². The molecule has 3 rings (SSSR count). The first-order chi connectivity index (χ1) is 9.92. The Labute approximate surface area is 126 Å². The number of amides is 1. The summed E-state index contributed by atoms with van der Waals surface area (Å²) in [5.74, 6) is 0. The van der Waals surface area contributed by atoms with Gasteiger partial charge in [-0.1, -0.05) is 6.07 Å². The van der Waals surface area contributed by atoms with Gasteiger partial charge in [0, 0.05) is 31.9 Å². The molecular formula is C17H24N2O2. The second-order valence-electron chi connectivity index (χ2n) is 6.91. The van der Waals surface area contributed by atoms with E-state index in [1.54, 1.807) is 0 Å². The molecular weight excluding hydrogens is 264 g/mol. The fourth-order valence-electron chi connectivity index (χ4n) is 2.85. The van der Waals surface area contributed by atoms with Crippen LogP contribution in [0.25, 0.3) is 0 Å². The summed E-state index contributed by atoms with van der Waals surface area (Å²) in [6.07, 6.45) is 2.24. The van der Waals surface area contributed by atoms with Crippen molar-refractivity contribution in [2.24, 2.45) is 0 Å². The molecule has 1 saturated heterocycles. The first kappa shape index (κ1) is 14.2. The molecule has 0 radical (unpaired) electrons. The van der Waals surface area contributed by atoms with Gasteiger partial charge < -0.3 is 14.5 Å². The molecule has 21 heavy (non-hydrogen) atoms. The summed E-state index contributed by atoms with van der Waals surface area (Å²) >= 11 is 0. The Kier molecular flexibility index (Phi) is 3.56. The quantitative estimate of drug-likeness (QED) is 0.796. The number of hydrogen-bond donors (Lipinski definition) is 0. The van der Waals surface area contributed by atoms with Crippen molar-refractivity contribution in [1.82, 2.24) is 4.90 Å². The minimum Gasteiger partial charge on any atom is -0.444 e. The second kappa shape index (κ2) is 5.24. The van der Waals surface area contributed by atoms with E-state index in [0.29, 0.717) is 0 Å². The summed E-state index contributed by atoms with van der Waals surface area (Å²) in [6.45, 7) is 8.92. The second-order valence-corrected chi connectivity index (χ2v) is 6.91. The highest BCUT2D eigenvalue weighted by molar-refractivity contribution is 5.68. The summed E-state index contributed by atoms with van der Waals surface area (Å²) in [7, 11) is 0. The first-order valence-corrected chi connectivity index (χ1v) is 7.77. The number of fused-ring (bicyclic) bond motifs is 1. The van der Waals surface area contributed by atoms with Gasteiger partial charge in [0.05, 0.1) is 0 Å². The fraction of sp³-hybridized carbons (Fsp3) is 0.588. The number of ether oxygens (including phenoxy) is 1. The number of piperazine rings is 1. The van der Waals surface area contributed by atoms with Crippen LogP contribution in [-0.4, -0.2) is 42.8 Å². The molecule has 2 aliphatic rings. The number of hydrogen-bond acceptors (Lipinski definition) is 3. The van der Waals surface area contributed by atoms with Crippen molar-refractivity contribution in [3.8, 4) is 0 Å². The Balaban J connectivity index is 1.57. The summed E-state index contributed by atoms with van der Waals surface area (Å²) in [5, 5.41) is 0. The molecule has 1 aromatic rings. The molecule has 1 heterocycles. The van der Waals surface area contributed by atoms with E-state index in [0.717, 1.165) is 26.2 Å². The normalized spacial score (nSPS) is 18.0. The molecule has 0 aromatic heterocycles. The molecule has 4 heteroatoms. The average Bonchev–Trinajstić information content (AvgIpc) is 2.39. The zero-order valence-corrected chi connectivity index (χ0v) is 13.2. The van der Waals surface area contributed by atoms with Gasteiger partial charge in [-0.25, -0.2) is 4.79 Å². The molecule has 4 nitrogen and oxygen atoms in total. The lowest BCUT2D eigenvalue weighted by Crippen LogP contribution is -2.50. The number of aryl methyl sites for hydroxylation is 2. The molecule has 1 aliphatic heterocycles. The zero-order chi connectivity index (χ0) is 15.0. The van der Waals surface area contributed by atoms with Crippen LogP contribution in [0.2, 0.25) is 0 Å². The maximum atomic E-state index is 12.0. The number of carbonyl (C=O) groups excluding carboxylic acids is 1. The van der Waals surface area contributed by atoms with E-state index in [9.17, 15) is 4.79 Å². The molecule has 0 saturated carbocycles. The van der Waals surface area contributed by atoms with Gasteiger partial charge in [-0.2, -0.15) is 0 Å². The number of nitrogens with zero attached hydrogens (tertiary/aromatic N) is 2. The molecule has 114 valence electrons. The highest BCUT2D eigenvalue weighted by atomic mass is 16.6. The van der Waals surface area contributed by atoms with Crippen molar-refractivity contribution in [1.29, 1.82) is 0 Å². The van der Waals surface area contributed by atoms with Crippen LogP contribution in [0.5, 0.6) is 0 Å². The molecule has 0 unspecified atom stereocenters. The van der Waals surface area contributed by atoms with Crippen LogP contribution in [0.1, 0.15) is 31.9 Å². The molecule has 1 aliphatic carbocycles. The number of rotatable bonds is 1. The van der Waals surface area contributed by atoms with Crippen molar-refractivity contribution in [2.75, 3.05) is 31.1 Å². The summed E-state index contributed by atoms with van der Waals surface area (Å²) in [5.41, 5.74) is 3.85. The lowest BCUT2D eigenvalue weighted by Gasteiger charge is -2.37. The van der Waals surface area contributed by atoms with Crippen molar-refractivity contribution in [3.63, 3.8) is 0 Å². The molecule has 1 fully saturated rings. The molecule has 0 N–H and O–H groups in total. The van der Waals surface area contributed by atoms with Crippen molar-refractivity contribution < 1.29 is 9.53 Å². The third kappa shape index (κ3) is 3.14. The minimum absolute atomic E-state index is 0.195. The van der Waals surface area contributed by atoms with Gasteiger partial charge in [0.1, 0.15) is 5.60 Å². The third-order valence-electron chi connectivity index (χ3n) is 4.15. The summed E-state index contributed by atoms with van der Waals surface area (Å²) in [4.78, 5) is 16.2. The largest absolute Gasteiger partial charge is 0.444 e. The van der Waals surface area contributed by atoms with Gasteiger partial charge in [0.15, 0.2) is 0 Å². The van der Waals surface area contributed by atoms with E-state index in [2.05, 4.69) is 23.1 Å². The molecule has 1 aromatic carbocycles. The lowest BCUT2D eigenvalue weighted by atomic mass is 9.88. The maximum Gasteiger partial charge on any atom is 0.410 e. The Morgan fingerprint density at radius 3 is 2.24 bits per heavy atom. The predicted octanol–water partition coefficient (Wildman–Crippen LogP) is 2.84. The molecule has 0 atom stereocenters. The van der Waals surface area contributed by atoms with Crippen LogP contribution in [0.4, 0.5) is 10.5 Å². The summed E-state index contributed by atoms with van der Waals surface area (Å²) in [6, 6.07) is 6.76. The highest BCUT2D eigenvalue weighted by Gasteiger charge is 2.26. The van der Waals surface area contributed by atoms with E-state index < -0.39 is 5.60 Å². The topological polar surface area (TPSA) is 32.8 Å². The monoisotopic (exact) mass is 288 g/mol. The van der Waals surface area contributed by atoms with Crippen LogP contribution in [-0.2, 0) is 17.6 Å². The standard InChI is InChI=1S/C17H24N2O2/c1-17(2,3)21-16(20)19-10-8-18(9-11-19)15-7-6-13-4-5-14(13)12-15/h6-7,12H,4-5,8-11H2,1-3H3. The van der Waals surface area contributed by atoms with Crippen molar-refractivity contribution in [3.05, 3.63) is 29.3 Å². The van der Waals surface area contributed by atoms with E-state index in [1.807, 2.05) is 25.7 Å². The van der Waals surface area contributed by atoms with Gasteiger partial charge in [0.25, 0.3) is 0 Å². The Hall–Kier alpha value is -1.71. The first-order valence-electron chi connectivity index (χ1n) is 7.77. The van der Waals surface area contributed by atoms with Gasteiger partial charge in [-0.15, -0.1) is 0 Å². The van der Waals surface area contributed by atoms with E-state index >= 15 is 0 Å². The van der Waals surface area contributed by atoms with Gasteiger partial charge >= 0.3 is 6.09 Å². The van der Waals surface area contributed by atoms with Crippen LogP contribution >= 0.6 is 0 Å². The van der Waals surface area contributed by atoms with Crippen LogP contribution in [0.3, 0.4) is 0 Å². The Bertz CT molecular complexity index is 540. The van der Waals surface area contributed by atoms with Gasteiger partial charge in [0.2, 0.25) is 0 Å². The SMILES string of the molecule is CC(C)(C)OC(=O)N1CCN(c2ccc3c(c2)CC3)CC1. The smallest absolute Gasteiger partial charge is 0.410 e. The lowest BCUT2D eigenvalue weighted by molar-refractivity contribution is 0.0240.